The van der Waals surface area contributed by atoms with E-state index in [2.05, 4.69) is 33.6 Å². The van der Waals surface area contributed by atoms with Crippen molar-refractivity contribution in [2.45, 2.75) is 81.9 Å². The van der Waals surface area contributed by atoms with E-state index in [1.165, 1.54) is 17.4 Å². The molecule has 3 unspecified atom stereocenters. The van der Waals surface area contributed by atoms with Crippen LogP contribution in [-0.2, 0) is 35.8 Å². The van der Waals surface area contributed by atoms with Crippen molar-refractivity contribution < 1.29 is 43.3 Å². The number of allylic oxidation sites excluding steroid dienone is 1. The third kappa shape index (κ3) is 7.50. The van der Waals surface area contributed by atoms with Crippen LogP contribution < -0.4 is 31.6 Å². The number of amides is 3. The van der Waals surface area contributed by atoms with Gasteiger partial charge in [-0.15, -0.1) is 0 Å². The minimum absolute atomic E-state index is 0.0234. The number of nitrogens with zero attached hydrogens (tertiary/aromatic N) is 3. The zero-order valence-corrected chi connectivity index (χ0v) is 30.6. The Kier molecular flexibility index (Phi) is 11.2. The van der Waals surface area contributed by atoms with E-state index in [4.69, 9.17) is 25.7 Å². The van der Waals surface area contributed by atoms with Crippen LogP contribution in [0.3, 0.4) is 0 Å². The number of ether oxygens (including phenoxy) is 3. The van der Waals surface area contributed by atoms with Crippen LogP contribution in [0.15, 0.2) is 29.0 Å². The number of carboxylic acids is 1. The summed E-state index contributed by atoms with van der Waals surface area (Å²) in [5, 5.41) is 15.3. The minimum Gasteiger partial charge on any atom is -0.493 e. The summed E-state index contributed by atoms with van der Waals surface area (Å²) in [6, 6.07) is 3.78. The summed E-state index contributed by atoms with van der Waals surface area (Å²) in [6.45, 7) is 2.16. The summed E-state index contributed by atoms with van der Waals surface area (Å²) in [5.74, 6) is -1.74. The number of aliphatic carboxylic acids is 1. The molecule has 7 atom stereocenters. The molecule has 53 heavy (non-hydrogen) atoms. The second kappa shape index (κ2) is 15.6. The van der Waals surface area contributed by atoms with Gasteiger partial charge in [-0.1, -0.05) is 6.07 Å². The van der Waals surface area contributed by atoms with Gasteiger partial charge in [0, 0.05) is 55.9 Å². The van der Waals surface area contributed by atoms with Crippen LogP contribution >= 0.6 is 0 Å². The summed E-state index contributed by atoms with van der Waals surface area (Å²) in [4.78, 5) is 71.5. The molecule has 6 rings (SSSR count). The summed E-state index contributed by atoms with van der Waals surface area (Å²) >= 11 is 0. The molecule has 2 saturated heterocycles. The van der Waals surface area contributed by atoms with Crippen molar-refractivity contribution in [1.82, 2.24) is 20.4 Å². The Morgan fingerprint density at radius 3 is 2.68 bits per heavy atom. The topological polar surface area (TPSA) is 228 Å². The number of carboxylic acid groups (broad SMARTS) is 1. The number of likely N-dealkylation sites (N-methyl/N-ethyl adjacent to an activating group) is 1. The van der Waals surface area contributed by atoms with Gasteiger partial charge in [-0.3, -0.25) is 24.2 Å². The van der Waals surface area contributed by atoms with E-state index in [1.807, 2.05) is 12.1 Å². The largest absolute Gasteiger partial charge is 0.493 e. The highest BCUT2D eigenvalue weighted by Gasteiger charge is 2.65. The fraction of sp³-hybridized carbons (Fsp3) is 0.622. The van der Waals surface area contributed by atoms with Crippen molar-refractivity contribution in [2.75, 3.05) is 46.9 Å². The smallest absolute Gasteiger partial charge is 0.415 e. The minimum atomic E-state index is -1.02. The van der Waals surface area contributed by atoms with Gasteiger partial charge in [0.1, 0.15) is 5.76 Å². The van der Waals surface area contributed by atoms with Crippen LogP contribution in [-0.4, -0.2) is 116 Å². The Labute approximate surface area is 308 Å². The molecular formula is C37H51N7O9. The second-order valence-corrected chi connectivity index (χ2v) is 15.0. The molecule has 2 aliphatic carbocycles. The van der Waals surface area contributed by atoms with Gasteiger partial charge in [-0.25, -0.2) is 4.79 Å². The molecule has 7 N–H and O–H groups in total. The molecule has 0 saturated carbocycles. The Balaban J connectivity index is 1.18. The Morgan fingerprint density at radius 1 is 1.17 bits per heavy atom. The molecule has 3 aliphatic heterocycles. The SMILES string of the molecule is COc1ccc2c3c1O[C@@H]1C(OC(=O)N4CC(C(=O)O)CCC4CNC(=O)[C@H](CCCN=C(N)N)CC(=O)CNC(C)=O)=CCC4[C@@H](C2)N(C)CC[C@@]341. The monoisotopic (exact) mass is 737 g/mol. The number of piperidine rings is 2. The number of aliphatic imine (C=N–C) groups is 1. The number of nitrogens with two attached hydrogens (primary N) is 2. The summed E-state index contributed by atoms with van der Waals surface area (Å²) in [7, 11) is 3.77. The van der Waals surface area contributed by atoms with Gasteiger partial charge < -0.3 is 51.2 Å². The molecule has 3 heterocycles. The number of guanidine groups is 1. The third-order valence-electron chi connectivity index (χ3n) is 11.8. The molecule has 288 valence electrons. The van der Waals surface area contributed by atoms with Crippen molar-refractivity contribution in [3.05, 3.63) is 35.1 Å². The second-order valence-electron chi connectivity index (χ2n) is 15.0. The Morgan fingerprint density at radius 2 is 1.96 bits per heavy atom. The van der Waals surface area contributed by atoms with Gasteiger partial charge >= 0.3 is 12.1 Å². The van der Waals surface area contributed by atoms with E-state index in [1.54, 1.807) is 7.11 Å². The lowest BCUT2D eigenvalue weighted by Crippen LogP contribution is -2.63. The predicted octanol–water partition coefficient (Wildman–Crippen LogP) is 1.04. The maximum atomic E-state index is 14.2. The maximum absolute atomic E-state index is 14.2. The number of hydrogen-bond acceptors (Lipinski definition) is 10. The standard InChI is InChI=1S/C37H51N7O9/c1-20(45)41-18-25(46)15-22(5-4-13-40-35(38)39)33(47)42-17-24-8-6-23(34(48)49)19-44(24)36(50)52-29-11-9-26-27-16-21-7-10-28(51-3)31-30(21)37(26,32(29)53-31)12-14-43(27)2/h7,10-11,22-24,26-27,32H,4-6,8-9,12-19H2,1-3H3,(H,41,45)(H,42,47)(H,48,49)(H4,38,39,40)/t22-,23?,24?,26?,27-,32-,37+/m1/s1. The first-order valence-corrected chi connectivity index (χ1v) is 18.4. The molecule has 1 aromatic carbocycles. The number of carbonyl (C=O) groups is 5. The van der Waals surface area contributed by atoms with Crippen molar-refractivity contribution in [3.8, 4) is 11.5 Å². The van der Waals surface area contributed by atoms with Crippen LogP contribution in [0.2, 0.25) is 0 Å². The lowest BCUT2D eigenvalue weighted by atomic mass is 9.53. The average Bonchev–Trinajstić information content (AvgIpc) is 3.48. The van der Waals surface area contributed by atoms with E-state index in [9.17, 15) is 29.1 Å². The van der Waals surface area contributed by atoms with E-state index in [0.29, 0.717) is 55.4 Å². The molecule has 0 radical (unpaired) electrons. The molecule has 2 fully saturated rings. The van der Waals surface area contributed by atoms with Crippen LogP contribution in [0.5, 0.6) is 11.5 Å². The average molecular weight is 738 g/mol. The molecule has 0 aromatic heterocycles. The fourth-order valence-corrected chi connectivity index (χ4v) is 9.19. The van der Waals surface area contributed by atoms with E-state index in [-0.39, 0.29) is 56.2 Å². The molecule has 2 bridgehead atoms. The summed E-state index contributed by atoms with van der Waals surface area (Å²) in [6.07, 6.45) is 4.33. The Bertz CT molecular complexity index is 1690. The van der Waals surface area contributed by atoms with E-state index >= 15 is 0 Å². The molecule has 5 aliphatic rings. The first kappa shape index (κ1) is 37.9. The van der Waals surface area contributed by atoms with Crippen LogP contribution in [0.1, 0.15) is 63.0 Å². The van der Waals surface area contributed by atoms with Gasteiger partial charge in [0.25, 0.3) is 0 Å². The number of hydrogen-bond donors (Lipinski definition) is 5. The maximum Gasteiger partial charge on any atom is 0.415 e. The third-order valence-corrected chi connectivity index (χ3v) is 11.8. The Hall–Kier alpha value is -4.86. The van der Waals surface area contributed by atoms with Crippen molar-refractivity contribution in [3.63, 3.8) is 0 Å². The molecule has 1 aromatic rings. The number of carbonyl (C=O) groups excluding carboxylic acids is 4. The first-order chi connectivity index (χ1) is 25.3. The number of likely N-dealkylation sites (tertiary alicyclic amines) is 2. The van der Waals surface area contributed by atoms with Gasteiger partial charge in [-0.2, -0.15) is 0 Å². The lowest BCUT2D eigenvalue weighted by Gasteiger charge is -2.56. The highest BCUT2D eigenvalue weighted by Crippen LogP contribution is 2.63. The van der Waals surface area contributed by atoms with Gasteiger partial charge in [0.05, 0.1) is 25.6 Å². The van der Waals surface area contributed by atoms with E-state index in [0.717, 1.165) is 24.9 Å². The van der Waals surface area contributed by atoms with E-state index < -0.39 is 47.4 Å². The number of benzene rings is 1. The van der Waals surface area contributed by atoms with Gasteiger partial charge in [-0.05, 0) is 82.2 Å². The van der Waals surface area contributed by atoms with Gasteiger partial charge in [0.2, 0.25) is 11.8 Å². The number of rotatable bonds is 14. The van der Waals surface area contributed by atoms with Crippen LogP contribution in [0.4, 0.5) is 4.79 Å². The fourth-order valence-electron chi connectivity index (χ4n) is 9.19. The predicted molar refractivity (Wildman–Crippen MR) is 192 cm³/mol. The lowest BCUT2D eigenvalue weighted by molar-refractivity contribution is -0.144. The van der Waals surface area contributed by atoms with Crippen LogP contribution in [0.25, 0.3) is 0 Å². The summed E-state index contributed by atoms with van der Waals surface area (Å²) in [5.41, 5.74) is 12.8. The molecular weight excluding hydrogens is 686 g/mol. The van der Waals surface area contributed by atoms with Crippen molar-refractivity contribution in [1.29, 1.82) is 0 Å². The normalized spacial score (nSPS) is 27.3. The molecule has 1 spiro atoms. The van der Waals surface area contributed by atoms with Crippen molar-refractivity contribution in [2.24, 2.45) is 34.2 Å². The van der Waals surface area contributed by atoms with Gasteiger partial charge in [0.15, 0.2) is 29.3 Å². The molecule has 16 nitrogen and oxygen atoms in total. The molecule has 3 amide bonds. The zero-order chi connectivity index (χ0) is 38.0. The quantitative estimate of drug-likeness (QED) is 0.103. The zero-order valence-electron chi connectivity index (χ0n) is 30.6. The number of nitrogens with one attached hydrogen (secondary N) is 2. The van der Waals surface area contributed by atoms with Crippen molar-refractivity contribution >= 4 is 35.6 Å². The molecule has 16 heteroatoms. The number of methoxy groups -OCH3 is 1. The highest BCUT2D eigenvalue weighted by atomic mass is 16.6. The first-order valence-electron chi connectivity index (χ1n) is 18.4. The summed E-state index contributed by atoms with van der Waals surface area (Å²) < 4.78 is 18.7. The number of ketones is 1. The highest BCUT2D eigenvalue weighted by molar-refractivity contribution is 5.89. The number of Topliss-reactive ketones (excluding diaryl/α,β-unsaturated/α-hetero) is 1. The van der Waals surface area contributed by atoms with Crippen LogP contribution in [0, 0.1) is 17.8 Å².